The summed E-state index contributed by atoms with van der Waals surface area (Å²) in [6.45, 7) is 11.6. The van der Waals surface area contributed by atoms with E-state index in [-0.39, 0.29) is 12.0 Å². The van der Waals surface area contributed by atoms with E-state index < -0.39 is 8.07 Å². The highest BCUT2D eigenvalue weighted by atomic mass is 28.3. The van der Waals surface area contributed by atoms with Gasteiger partial charge >= 0.3 is 0 Å². The Labute approximate surface area is 148 Å². The summed E-state index contributed by atoms with van der Waals surface area (Å²) < 4.78 is 0. The average Bonchev–Trinajstić information content (AvgIpc) is 2.52. The van der Waals surface area contributed by atoms with Crippen LogP contribution < -0.4 is 0 Å². The Kier molecular flexibility index (Phi) is 6.42. The fraction of sp³-hybridized carbons (Fsp3) is 0.455. The molecule has 0 aliphatic carbocycles. The first-order valence-electron chi connectivity index (χ1n) is 9.08. The number of aliphatic hydroxyl groups is 1. The van der Waals surface area contributed by atoms with E-state index >= 15 is 0 Å². The quantitative estimate of drug-likeness (QED) is 0.628. The van der Waals surface area contributed by atoms with Crippen LogP contribution in [0.25, 0.3) is 0 Å². The van der Waals surface area contributed by atoms with Gasteiger partial charge in [0.15, 0.2) is 0 Å². The number of hydrogen-bond acceptors (Lipinski definition) is 1. The van der Waals surface area contributed by atoms with E-state index in [1.807, 2.05) is 0 Å². The Balaban J connectivity index is 2.53. The van der Waals surface area contributed by atoms with Crippen molar-refractivity contribution in [2.75, 3.05) is 0 Å². The molecule has 0 amide bonds. The van der Waals surface area contributed by atoms with E-state index in [4.69, 9.17) is 0 Å². The number of rotatable bonds is 7. The van der Waals surface area contributed by atoms with Gasteiger partial charge in [-0.2, -0.15) is 0 Å². The van der Waals surface area contributed by atoms with Gasteiger partial charge in [-0.25, -0.2) is 0 Å². The van der Waals surface area contributed by atoms with Gasteiger partial charge in [-0.15, -0.1) is 0 Å². The lowest BCUT2D eigenvalue weighted by molar-refractivity contribution is 0.115. The van der Waals surface area contributed by atoms with Crippen molar-refractivity contribution in [1.29, 1.82) is 0 Å². The summed E-state index contributed by atoms with van der Waals surface area (Å²) in [7, 11) is -1.55. The van der Waals surface area contributed by atoms with Crippen molar-refractivity contribution >= 4 is 8.07 Å². The summed E-state index contributed by atoms with van der Waals surface area (Å²) in [5.74, 6) is 0.645. The summed E-state index contributed by atoms with van der Waals surface area (Å²) in [5.41, 5.74) is 3.03. The third kappa shape index (κ3) is 4.81. The maximum absolute atomic E-state index is 11.2. The Morgan fingerprint density at radius 3 is 1.67 bits per heavy atom. The minimum Gasteiger partial charge on any atom is -0.392 e. The summed E-state index contributed by atoms with van der Waals surface area (Å²) in [4.78, 5) is 0. The van der Waals surface area contributed by atoms with E-state index in [9.17, 15) is 5.11 Å². The van der Waals surface area contributed by atoms with Crippen LogP contribution in [0, 0.1) is 5.92 Å². The fourth-order valence-corrected chi connectivity index (χ4v) is 6.53. The summed E-state index contributed by atoms with van der Waals surface area (Å²) in [6, 6.07) is 21.4. The Bertz CT molecular complexity index is 601. The Morgan fingerprint density at radius 1 is 0.792 bits per heavy atom. The first-order valence-corrected chi connectivity index (χ1v) is 12.7. The molecule has 0 aromatic heterocycles. The summed E-state index contributed by atoms with van der Waals surface area (Å²) >= 11 is 0. The highest BCUT2D eigenvalue weighted by Crippen LogP contribution is 2.43. The van der Waals surface area contributed by atoms with Gasteiger partial charge < -0.3 is 5.11 Å². The zero-order valence-electron chi connectivity index (χ0n) is 15.7. The van der Waals surface area contributed by atoms with E-state index in [1.165, 1.54) is 11.1 Å². The van der Waals surface area contributed by atoms with Crippen molar-refractivity contribution in [1.82, 2.24) is 0 Å². The minimum absolute atomic E-state index is 0.155. The lowest BCUT2D eigenvalue weighted by Gasteiger charge is -2.39. The summed E-state index contributed by atoms with van der Waals surface area (Å²) in [5, 5.41) is 11.2. The molecule has 24 heavy (non-hydrogen) atoms. The number of benzene rings is 2. The van der Waals surface area contributed by atoms with Crippen LogP contribution in [0.2, 0.25) is 19.6 Å². The fourth-order valence-electron chi connectivity index (χ4n) is 3.85. The first-order chi connectivity index (χ1) is 11.3. The van der Waals surface area contributed by atoms with Gasteiger partial charge in [0, 0.05) is 5.92 Å². The van der Waals surface area contributed by atoms with Crippen LogP contribution in [-0.4, -0.2) is 19.3 Å². The molecule has 2 aromatic rings. The van der Waals surface area contributed by atoms with Gasteiger partial charge in [-0.05, 0) is 29.0 Å². The summed E-state index contributed by atoms with van der Waals surface area (Å²) in [6.07, 6.45) is 0.525. The van der Waals surface area contributed by atoms with Crippen molar-refractivity contribution in [3.63, 3.8) is 0 Å². The van der Waals surface area contributed by atoms with Gasteiger partial charge in [-0.3, -0.25) is 0 Å². The standard InChI is InChI=1S/C22H32OSi/c1-17(2)16-20(23)21(18-12-8-6-9-13-18)22(24(3,4)5)19-14-10-7-11-15-19/h6-15,17,20-23H,16H2,1-5H3. The molecule has 0 saturated heterocycles. The van der Waals surface area contributed by atoms with Crippen molar-refractivity contribution in [3.8, 4) is 0 Å². The van der Waals surface area contributed by atoms with Crippen LogP contribution >= 0.6 is 0 Å². The molecule has 0 fully saturated rings. The molecule has 0 aliphatic rings. The predicted octanol–water partition coefficient (Wildman–Crippen LogP) is 5.84. The molecule has 0 radical (unpaired) electrons. The number of aliphatic hydroxyl groups excluding tert-OH is 1. The monoisotopic (exact) mass is 340 g/mol. The van der Waals surface area contributed by atoms with Gasteiger partial charge in [0.25, 0.3) is 0 Å². The number of hydrogen-bond donors (Lipinski definition) is 1. The molecule has 0 aliphatic heterocycles. The Hall–Kier alpha value is -1.38. The molecule has 0 saturated carbocycles. The molecule has 2 heteroatoms. The van der Waals surface area contributed by atoms with Crippen molar-refractivity contribution < 1.29 is 5.11 Å². The molecule has 0 spiro atoms. The second kappa shape index (κ2) is 8.13. The second-order valence-electron chi connectivity index (χ2n) is 8.39. The predicted molar refractivity (Wildman–Crippen MR) is 107 cm³/mol. The van der Waals surface area contributed by atoms with E-state index in [0.717, 1.165) is 6.42 Å². The van der Waals surface area contributed by atoms with Gasteiger partial charge in [0.1, 0.15) is 0 Å². The lowest BCUT2D eigenvalue weighted by atomic mass is 9.83. The molecule has 3 unspecified atom stereocenters. The maximum atomic E-state index is 11.2. The topological polar surface area (TPSA) is 20.2 Å². The van der Waals surface area contributed by atoms with Crippen molar-refractivity contribution in [3.05, 3.63) is 71.8 Å². The Morgan fingerprint density at radius 2 is 1.25 bits per heavy atom. The van der Waals surface area contributed by atoms with Crippen LogP contribution in [0.3, 0.4) is 0 Å². The molecule has 2 aromatic carbocycles. The zero-order valence-corrected chi connectivity index (χ0v) is 16.7. The first kappa shape index (κ1) is 18.9. The van der Waals surface area contributed by atoms with Crippen molar-refractivity contribution in [2.24, 2.45) is 5.92 Å². The molecule has 0 bridgehead atoms. The molecule has 130 valence electrons. The molecule has 1 N–H and O–H groups in total. The second-order valence-corrected chi connectivity index (χ2v) is 13.7. The van der Waals surface area contributed by atoms with E-state index in [0.29, 0.717) is 11.5 Å². The maximum Gasteiger partial charge on any atom is 0.0614 e. The lowest BCUT2D eigenvalue weighted by Crippen LogP contribution is -2.40. The zero-order chi connectivity index (χ0) is 17.7. The molecule has 2 rings (SSSR count). The molecule has 0 heterocycles. The average molecular weight is 341 g/mol. The SMILES string of the molecule is CC(C)CC(O)C(c1ccccc1)C(c1ccccc1)[Si](C)(C)C. The van der Waals surface area contributed by atoms with Crippen LogP contribution in [0.5, 0.6) is 0 Å². The third-order valence-electron chi connectivity index (χ3n) is 4.76. The molecular weight excluding hydrogens is 308 g/mol. The molecular formula is C22H32OSi. The van der Waals surface area contributed by atoms with Gasteiger partial charge in [-0.1, -0.05) is 94.2 Å². The van der Waals surface area contributed by atoms with Crippen LogP contribution in [-0.2, 0) is 0 Å². The van der Waals surface area contributed by atoms with Gasteiger partial charge in [0.2, 0.25) is 0 Å². The van der Waals surface area contributed by atoms with Crippen LogP contribution in [0.4, 0.5) is 0 Å². The normalized spacial score (nSPS) is 16.0. The smallest absolute Gasteiger partial charge is 0.0614 e. The van der Waals surface area contributed by atoms with Crippen LogP contribution in [0.1, 0.15) is 42.9 Å². The van der Waals surface area contributed by atoms with E-state index in [1.54, 1.807) is 0 Å². The highest BCUT2D eigenvalue weighted by molar-refractivity contribution is 6.77. The third-order valence-corrected chi connectivity index (χ3v) is 7.32. The van der Waals surface area contributed by atoms with Gasteiger partial charge in [0.05, 0.1) is 14.2 Å². The molecule has 3 atom stereocenters. The van der Waals surface area contributed by atoms with E-state index in [2.05, 4.69) is 94.2 Å². The largest absolute Gasteiger partial charge is 0.392 e. The van der Waals surface area contributed by atoms with Crippen molar-refractivity contribution in [2.45, 2.75) is 57.5 Å². The van der Waals surface area contributed by atoms with Crippen LogP contribution in [0.15, 0.2) is 60.7 Å². The minimum atomic E-state index is -1.55. The highest BCUT2D eigenvalue weighted by Gasteiger charge is 2.39. The molecule has 1 nitrogen and oxygen atoms in total.